The number of nitrogens with zero attached hydrogens (tertiary/aromatic N) is 1. The quantitative estimate of drug-likeness (QED) is 0.0272. The van der Waals surface area contributed by atoms with Crippen LogP contribution in [0.1, 0.15) is 418 Å². The van der Waals surface area contributed by atoms with Crippen molar-refractivity contribution in [3.05, 3.63) is 36.5 Å². The smallest absolute Gasteiger partial charge is 0.268 e. The Labute approximate surface area is 557 Å². The average molecular weight is 1270 g/mol. The van der Waals surface area contributed by atoms with E-state index in [1.807, 2.05) is 27.2 Å². The summed E-state index contributed by atoms with van der Waals surface area (Å²) in [7, 11) is 1.28. The molecule has 0 spiro atoms. The molecule has 0 aromatic heterocycles. The summed E-state index contributed by atoms with van der Waals surface area (Å²) in [5, 5.41) is 14.0. The van der Waals surface area contributed by atoms with E-state index in [9.17, 15) is 19.4 Å². The number of carbonyl (C=O) groups is 1. The minimum Gasteiger partial charge on any atom is -0.756 e. The molecule has 9 heteroatoms. The molecule has 0 heterocycles. The van der Waals surface area contributed by atoms with Crippen molar-refractivity contribution < 1.29 is 32.9 Å². The first-order chi connectivity index (χ1) is 43.5. The summed E-state index contributed by atoms with van der Waals surface area (Å²) in [6.07, 6.45) is 96.0. The Morgan fingerprint density at radius 1 is 0.393 bits per heavy atom. The van der Waals surface area contributed by atoms with Crippen molar-refractivity contribution in [3.8, 4) is 0 Å². The number of rotatable bonds is 75. The van der Waals surface area contributed by atoms with Crippen LogP contribution in [-0.2, 0) is 18.4 Å². The minimum absolute atomic E-state index is 0.00199. The van der Waals surface area contributed by atoms with Crippen LogP contribution in [0.2, 0.25) is 0 Å². The zero-order valence-electron chi connectivity index (χ0n) is 60.7. The van der Waals surface area contributed by atoms with Gasteiger partial charge < -0.3 is 28.8 Å². The van der Waals surface area contributed by atoms with Gasteiger partial charge in [-0.3, -0.25) is 9.36 Å². The third kappa shape index (κ3) is 74.0. The Hall–Kier alpha value is -1.28. The summed E-state index contributed by atoms with van der Waals surface area (Å²) >= 11 is 0. The average Bonchev–Trinajstić information content (AvgIpc) is 3.61. The lowest BCUT2D eigenvalue weighted by Crippen LogP contribution is -2.45. The molecule has 89 heavy (non-hydrogen) atoms. The number of carbonyl (C=O) groups excluding carboxylic acids is 1. The molecule has 3 unspecified atom stereocenters. The van der Waals surface area contributed by atoms with Gasteiger partial charge >= 0.3 is 0 Å². The van der Waals surface area contributed by atoms with Crippen LogP contribution in [0.3, 0.4) is 0 Å². The topological polar surface area (TPSA) is 108 Å². The lowest BCUT2D eigenvalue weighted by Gasteiger charge is -2.29. The summed E-state index contributed by atoms with van der Waals surface area (Å²) in [6, 6.07) is -0.886. The van der Waals surface area contributed by atoms with E-state index in [2.05, 4.69) is 43.5 Å². The fourth-order valence-electron chi connectivity index (χ4n) is 12.4. The fourth-order valence-corrected chi connectivity index (χ4v) is 13.2. The van der Waals surface area contributed by atoms with Gasteiger partial charge in [0, 0.05) is 6.42 Å². The first kappa shape index (κ1) is 87.7. The minimum atomic E-state index is -4.60. The monoisotopic (exact) mass is 1270 g/mol. The number of allylic oxidation sites excluding steroid dienone is 5. The molecular formula is C80H157N2O6P. The number of aliphatic hydroxyl groups excluding tert-OH is 1. The SMILES string of the molecule is CCCCCCC/C=C\C/C=C\CCCCCCCCCCCCCCCCCCCCCCCCCCCCCCCC(=O)NC(COP(=O)([O-])OCC[N+](C)(C)C)C(O)/C=C/CCCCCCCCCCCCCCCCCCCCCCCCCC. The highest BCUT2D eigenvalue weighted by molar-refractivity contribution is 7.45. The maximum atomic E-state index is 13.1. The number of aliphatic hydroxyl groups is 1. The first-order valence-corrected chi connectivity index (χ1v) is 41.3. The molecular weight excluding hydrogens is 1120 g/mol. The van der Waals surface area contributed by atoms with Crippen LogP contribution in [0.25, 0.3) is 0 Å². The third-order valence-electron chi connectivity index (χ3n) is 18.6. The van der Waals surface area contributed by atoms with Gasteiger partial charge in [-0.15, -0.1) is 0 Å². The van der Waals surface area contributed by atoms with Gasteiger partial charge in [0.1, 0.15) is 13.2 Å². The second-order valence-electron chi connectivity index (χ2n) is 28.8. The summed E-state index contributed by atoms with van der Waals surface area (Å²) in [4.78, 5) is 25.7. The van der Waals surface area contributed by atoms with E-state index in [0.29, 0.717) is 17.4 Å². The number of quaternary nitrogens is 1. The standard InChI is InChI=1S/C80H157N2O6P/c1-6-8-10-12-14-16-18-20-22-24-26-28-30-32-34-35-36-37-38-39-40-41-42-43-44-45-46-47-48-50-52-54-56-58-60-62-64-66-68-70-72-74-80(84)81-78(77-88-89(85,86)87-76-75-82(3,4)5)79(83)73-71-69-67-65-63-61-59-57-55-53-51-49-33-31-29-27-25-23-21-19-17-15-13-11-9-7-2/h18,20,24,26,71,73,78-79,83H,6-17,19,21-23,25,27-70,72,74-77H2,1-5H3,(H-,81,84,85,86)/b20-18-,26-24-,73-71+. The molecule has 0 aromatic rings. The van der Waals surface area contributed by atoms with Gasteiger partial charge in [0.25, 0.3) is 7.82 Å². The molecule has 8 nitrogen and oxygen atoms in total. The van der Waals surface area contributed by atoms with E-state index < -0.39 is 20.0 Å². The molecule has 0 saturated heterocycles. The largest absolute Gasteiger partial charge is 0.756 e. The van der Waals surface area contributed by atoms with Crippen LogP contribution >= 0.6 is 7.82 Å². The Balaban J connectivity index is 3.90. The van der Waals surface area contributed by atoms with Gasteiger partial charge in [-0.05, 0) is 51.4 Å². The lowest BCUT2D eigenvalue weighted by atomic mass is 10.0. The normalized spacial score (nSPS) is 13.7. The predicted molar refractivity (Wildman–Crippen MR) is 390 cm³/mol. The highest BCUT2D eigenvalue weighted by Crippen LogP contribution is 2.38. The van der Waals surface area contributed by atoms with Crippen molar-refractivity contribution in [2.24, 2.45) is 0 Å². The van der Waals surface area contributed by atoms with Crippen molar-refractivity contribution in [1.82, 2.24) is 5.32 Å². The molecule has 0 bridgehead atoms. The van der Waals surface area contributed by atoms with E-state index >= 15 is 0 Å². The summed E-state index contributed by atoms with van der Waals surface area (Å²) in [5.41, 5.74) is 0. The second-order valence-corrected chi connectivity index (χ2v) is 30.2. The molecule has 0 aliphatic heterocycles. The summed E-state index contributed by atoms with van der Waals surface area (Å²) in [5.74, 6) is -0.187. The van der Waals surface area contributed by atoms with Gasteiger partial charge in [0.15, 0.2) is 0 Å². The number of amides is 1. The number of nitrogens with one attached hydrogen (secondary N) is 1. The van der Waals surface area contributed by atoms with Gasteiger partial charge in [-0.2, -0.15) is 0 Å². The van der Waals surface area contributed by atoms with E-state index in [4.69, 9.17) is 9.05 Å². The van der Waals surface area contributed by atoms with E-state index in [-0.39, 0.29) is 19.1 Å². The second kappa shape index (κ2) is 71.0. The van der Waals surface area contributed by atoms with Gasteiger partial charge in [-0.25, -0.2) is 0 Å². The Bertz CT molecular complexity index is 1550. The number of likely N-dealkylation sites (N-methyl/N-ethyl adjacent to an activating group) is 1. The van der Waals surface area contributed by atoms with Crippen LogP contribution in [0, 0.1) is 0 Å². The number of hydrogen-bond acceptors (Lipinski definition) is 6. The van der Waals surface area contributed by atoms with Gasteiger partial charge in [0.05, 0.1) is 39.9 Å². The first-order valence-electron chi connectivity index (χ1n) is 39.9. The van der Waals surface area contributed by atoms with Crippen molar-refractivity contribution >= 4 is 13.7 Å². The number of hydrogen-bond donors (Lipinski definition) is 2. The molecule has 0 rings (SSSR count). The number of unbranched alkanes of at least 4 members (excludes halogenated alkanes) is 58. The van der Waals surface area contributed by atoms with E-state index in [1.54, 1.807) is 6.08 Å². The molecule has 0 aliphatic rings. The fraction of sp³-hybridized carbons (Fsp3) is 0.912. The van der Waals surface area contributed by atoms with Gasteiger partial charge in [-0.1, -0.05) is 397 Å². The molecule has 1 amide bonds. The van der Waals surface area contributed by atoms with Crippen molar-refractivity contribution in [2.45, 2.75) is 431 Å². The molecule has 0 radical (unpaired) electrons. The Morgan fingerprint density at radius 2 is 0.652 bits per heavy atom. The maximum Gasteiger partial charge on any atom is 0.268 e. The van der Waals surface area contributed by atoms with Crippen LogP contribution in [0.15, 0.2) is 36.5 Å². The molecule has 3 atom stereocenters. The van der Waals surface area contributed by atoms with Crippen molar-refractivity contribution in [2.75, 3.05) is 40.9 Å². The Morgan fingerprint density at radius 3 is 0.933 bits per heavy atom. The van der Waals surface area contributed by atoms with E-state index in [0.717, 1.165) is 44.9 Å². The van der Waals surface area contributed by atoms with E-state index in [1.165, 1.54) is 353 Å². The van der Waals surface area contributed by atoms with Crippen LogP contribution in [-0.4, -0.2) is 68.5 Å². The molecule has 528 valence electrons. The number of phosphoric ester groups is 1. The molecule has 0 saturated carbocycles. The predicted octanol–water partition coefficient (Wildman–Crippen LogP) is 25.3. The van der Waals surface area contributed by atoms with Crippen LogP contribution < -0.4 is 10.2 Å². The van der Waals surface area contributed by atoms with Crippen molar-refractivity contribution in [3.63, 3.8) is 0 Å². The zero-order valence-corrected chi connectivity index (χ0v) is 61.6. The molecule has 2 N–H and O–H groups in total. The highest BCUT2D eigenvalue weighted by atomic mass is 31.2. The molecule has 0 aromatic carbocycles. The third-order valence-corrected chi connectivity index (χ3v) is 19.6. The Kier molecular flexibility index (Phi) is 70.0. The molecule has 0 aliphatic carbocycles. The summed E-state index contributed by atoms with van der Waals surface area (Å²) in [6.45, 7) is 4.71. The molecule has 0 fully saturated rings. The summed E-state index contributed by atoms with van der Waals surface area (Å²) < 4.78 is 23.5. The van der Waals surface area contributed by atoms with Crippen molar-refractivity contribution in [1.29, 1.82) is 0 Å². The van der Waals surface area contributed by atoms with Crippen LogP contribution in [0.5, 0.6) is 0 Å². The maximum absolute atomic E-state index is 13.1. The zero-order chi connectivity index (χ0) is 64.8. The highest BCUT2D eigenvalue weighted by Gasteiger charge is 2.23. The van der Waals surface area contributed by atoms with Crippen LogP contribution in [0.4, 0.5) is 0 Å². The number of phosphoric acid groups is 1. The lowest BCUT2D eigenvalue weighted by molar-refractivity contribution is -0.870. The van der Waals surface area contributed by atoms with Gasteiger partial charge in [0.2, 0.25) is 5.91 Å².